The highest BCUT2D eigenvalue weighted by Gasteiger charge is 2.14. The maximum Gasteiger partial charge on any atom is 0.267 e. The van der Waals surface area contributed by atoms with Crippen molar-refractivity contribution in [1.29, 1.82) is 0 Å². The van der Waals surface area contributed by atoms with Gasteiger partial charge in [0.2, 0.25) is 0 Å². The summed E-state index contributed by atoms with van der Waals surface area (Å²) in [5.74, 6) is -2.30. The first-order chi connectivity index (χ1) is 12.5. The first kappa shape index (κ1) is 19.4. The lowest BCUT2D eigenvalue weighted by atomic mass is 10.1. The zero-order chi connectivity index (χ0) is 18.9. The van der Waals surface area contributed by atoms with Gasteiger partial charge in [0.15, 0.2) is 0 Å². The molecule has 0 saturated carbocycles. The van der Waals surface area contributed by atoms with Crippen molar-refractivity contribution in [3.63, 3.8) is 0 Å². The Bertz CT molecular complexity index is 817. The van der Waals surface area contributed by atoms with Gasteiger partial charge in [-0.3, -0.25) is 9.59 Å². The van der Waals surface area contributed by atoms with E-state index in [1.165, 1.54) is 6.08 Å². The van der Waals surface area contributed by atoms with Crippen LogP contribution in [0.5, 0.6) is 0 Å². The van der Waals surface area contributed by atoms with E-state index in [-0.39, 0.29) is 18.7 Å². The first-order valence-corrected chi connectivity index (χ1v) is 8.56. The molecule has 0 atom stereocenters. The summed E-state index contributed by atoms with van der Waals surface area (Å²) >= 11 is 3.29. The molecule has 0 heterocycles. The lowest BCUT2D eigenvalue weighted by Gasteiger charge is -2.11. The number of amides is 2. The molecular weight excluding hydrogens is 400 g/mol. The third kappa shape index (κ3) is 6.18. The van der Waals surface area contributed by atoms with Crippen molar-refractivity contribution in [2.75, 3.05) is 6.54 Å². The summed E-state index contributed by atoms with van der Waals surface area (Å²) in [4.78, 5) is 35.2. The number of carbonyl (C=O) groups is 3. The highest BCUT2D eigenvalue weighted by Crippen LogP contribution is 2.11. The van der Waals surface area contributed by atoms with Crippen LogP contribution in [0.25, 0.3) is 6.08 Å². The van der Waals surface area contributed by atoms with E-state index >= 15 is 0 Å². The quantitative estimate of drug-likeness (QED) is 0.668. The summed E-state index contributed by atoms with van der Waals surface area (Å²) in [5, 5.41) is 15.5. The largest absolute Gasteiger partial charge is 0.550 e. The topological polar surface area (TPSA) is 98.3 Å². The summed E-state index contributed by atoms with van der Waals surface area (Å²) in [7, 11) is 0. The summed E-state index contributed by atoms with van der Waals surface area (Å²) in [6, 6.07) is 15.7. The summed E-state index contributed by atoms with van der Waals surface area (Å²) in [6.07, 6.45) is 1.20. The van der Waals surface area contributed by atoms with Gasteiger partial charge >= 0.3 is 0 Å². The molecule has 2 N–H and O–H groups in total. The predicted molar refractivity (Wildman–Crippen MR) is 98.7 cm³/mol. The van der Waals surface area contributed by atoms with Crippen LogP contribution in [0, 0.1) is 0 Å². The monoisotopic (exact) mass is 415 g/mol. The molecule has 2 aromatic carbocycles. The summed E-state index contributed by atoms with van der Waals surface area (Å²) in [6.45, 7) is -0.0958. The third-order valence-electron chi connectivity index (χ3n) is 3.32. The van der Waals surface area contributed by atoms with Crippen LogP contribution in [0.3, 0.4) is 0 Å². The van der Waals surface area contributed by atoms with Crippen LogP contribution in [0.1, 0.15) is 22.3 Å². The Balaban J connectivity index is 2.18. The smallest absolute Gasteiger partial charge is 0.267 e. The fraction of sp³-hybridized carbons (Fsp3) is 0.105. The summed E-state index contributed by atoms with van der Waals surface area (Å²) < 4.78 is 0.828. The van der Waals surface area contributed by atoms with E-state index in [9.17, 15) is 19.5 Å². The van der Waals surface area contributed by atoms with Crippen molar-refractivity contribution in [1.82, 2.24) is 10.6 Å². The number of aliphatic carboxylic acids is 1. The molecule has 0 unspecified atom stereocenters. The van der Waals surface area contributed by atoms with E-state index in [2.05, 4.69) is 26.6 Å². The number of halogens is 1. The molecule has 0 aliphatic heterocycles. The maximum atomic E-state index is 12.4. The van der Waals surface area contributed by atoms with Gasteiger partial charge in [-0.05, 0) is 35.9 Å². The number of rotatable bonds is 7. The van der Waals surface area contributed by atoms with Crippen molar-refractivity contribution >= 4 is 39.8 Å². The molecule has 26 heavy (non-hydrogen) atoms. The van der Waals surface area contributed by atoms with Gasteiger partial charge in [-0.2, -0.15) is 0 Å². The van der Waals surface area contributed by atoms with E-state index in [4.69, 9.17) is 0 Å². The van der Waals surface area contributed by atoms with E-state index in [1.807, 2.05) is 6.07 Å². The van der Waals surface area contributed by atoms with E-state index < -0.39 is 17.8 Å². The van der Waals surface area contributed by atoms with Gasteiger partial charge < -0.3 is 20.5 Å². The molecule has 2 aromatic rings. The molecule has 2 amide bonds. The molecule has 0 radical (unpaired) electrons. The summed E-state index contributed by atoms with van der Waals surface area (Å²) in [5.41, 5.74) is 1.12. The zero-order valence-corrected chi connectivity index (χ0v) is 15.3. The Morgan fingerprint density at radius 2 is 1.65 bits per heavy atom. The second-order valence-corrected chi connectivity index (χ2v) is 6.22. The van der Waals surface area contributed by atoms with Crippen molar-refractivity contribution < 1.29 is 19.5 Å². The van der Waals surface area contributed by atoms with E-state index in [0.717, 1.165) is 4.47 Å². The minimum absolute atomic E-state index is 0.0162. The maximum absolute atomic E-state index is 12.4. The second-order valence-electron chi connectivity index (χ2n) is 5.31. The van der Waals surface area contributed by atoms with Gasteiger partial charge in [0.1, 0.15) is 5.70 Å². The number of carboxylic acid groups (broad SMARTS) is 1. The van der Waals surface area contributed by atoms with Crippen LogP contribution in [0.2, 0.25) is 0 Å². The zero-order valence-electron chi connectivity index (χ0n) is 13.7. The molecule has 0 bridgehead atoms. The average molecular weight is 416 g/mol. The Kier molecular flexibility index (Phi) is 7.11. The van der Waals surface area contributed by atoms with E-state index in [0.29, 0.717) is 11.1 Å². The molecule has 0 spiro atoms. The highest BCUT2D eigenvalue weighted by atomic mass is 79.9. The van der Waals surface area contributed by atoms with Crippen LogP contribution < -0.4 is 15.7 Å². The van der Waals surface area contributed by atoms with Crippen molar-refractivity contribution in [2.24, 2.45) is 0 Å². The molecule has 0 saturated heterocycles. The number of benzene rings is 2. The average Bonchev–Trinajstić information content (AvgIpc) is 2.62. The minimum Gasteiger partial charge on any atom is -0.550 e. The predicted octanol–water partition coefficient (Wildman–Crippen LogP) is 1.48. The lowest BCUT2D eigenvalue weighted by molar-refractivity contribution is -0.305. The van der Waals surface area contributed by atoms with Crippen molar-refractivity contribution in [2.45, 2.75) is 6.42 Å². The van der Waals surface area contributed by atoms with Crippen LogP contribution in [0.15, 0.2) is 64.8 Å². The van der Waals surface area contributed by atoms with Crippen molar-refractivity contribution in [3.05, 3.63) is 75.9 Å². The normalized spacial score (nSPS) is 10.9. The van der Waals surface area contributed by atoms with Crippen LogP contribution in [-0.2, 0) is 9.59 Å². The Morgan fingerprint density at radius 1 is 1.00 bits per heavy atom. The molecular formula is C19H16BrN2O4-. The number of carbonyl (C=O) groups excluding carboxylic acids is 3. The minimum atomic E-state index is -1.27. The second kappa shape index (κ2) is 9.53. The molecule has 7 heteroatoms. The molecule has 134 valence electrons. The molecule has 6 nitrogen and oxygen atoms in total. The Hall–Kier alpha value is -2.93. The third-order valence-corrected chi connectivity index (χ3v) is 3.85. The Labute approximate surface area is 159 Å². The van der Waals surface area contributed by atoms with Crippen molar-refractivity contribution in [3.8, 4) is 0 Å². The van der Waals surface area contributed by atoms with Gasteiger partial charge in [-0.25, -0.2) is 0 Å². The molecule has 0 aliphatic rings. The highest BCUT2D eigenvalue weighted by molar-refractivity contribution is 9.10. The number of nitrogens with one attached hydrogen (secondary N) is 2. The fourth-order valence-electron chi connectivity index (χ4n) is 2.04. The van der Waals surface area contributed by atoms with Gasteiger partial charge in [-0.15, -0.1) is 0 Å². The SMILES string of the molecule is O=C([O-])CCNC(=O)/C(=C/c1ccccc1)NC(=O)c1ccc(Br)cc1. The number of hydrogen-bond acceptors (Lipinski definition) is 4. The van der Waals surface area contributed by atoms with E-state index in [1.54, 1.807) is 48.5 Å². The molecule has 0 aliphatic carbocycles. The standard InChI is InChI=1S/C19H17BrN2O4/c20-15-8-6-14(7-9-15)18(25)22-16(12-13-4-2-1-3-5-13)19(26)21-11-10-17(23)24/h1-9,12H,10-11H2,(H,21,26)(H,22,25)(H,23,24)/p-1/b16-12-. The van der Waals surface area contributed by atoms with Crippen LogP contribution >= 0.6 is 15.9 Å². The van der Waals surface area contributed by atoms with Crippen LogP contribution in [0.4, 0.5) is 0 Å². The first-order valence-electron chi connectivity index (χ1n) is 7.77. The molecule has 2 rings (SSSR count). The fourth-order valence-corrected chi connectivity index (χ4v) is 2.31. The lowest BCUT2D eigenvalue weighted by Crippen LogP contribution is -2.37. The Morgan fingerprint density at radius 3 is 2.27 bits per heavy atom. The molecule has 0 fully saturated rings. The van der Waals surface area contributed by atoms with Crippen LogP contribution in [-0.4, -0.2) is 24.3 Å². The van der Waals surface area contributed by atoms with Gasteiger partial charge in [0.25, 0.3) is 11.8 Å². The number of hydrogen-bond donors (Lipinski definition) is 2. The van der Waals surface area contributed by atoms with Gasteiger partial charge in [-0.1, -0.05) is 46.3 Å². The van der Waals surface area contributed by atoms with Gasteiger partial charge in [0, 0.05) is 29.0 Å². The van der Waals surface area contributed by atoms with Gasteiger partial charge in [0.05, 0.1) is 0 Å². The number of carboxylic acids is 1. The molecule has 0 aromatic heterocycles.